The van der Waals surface area contributed by atoms with Gasteiger partial charge in [0.2, 0.25) is 0 Å². The van der Waals surface area contributed by atoms with E-state index < -0.39 is 48.6 Å². The average Bonchev–Trinajstić information content (AvgIpc) is 3.01. The summed E-state index contributed by atoms with van der Waals surface area (Å²) in [6, 6.07) is 9.39. The van der Waals surface area contributed by atoms with Crippen LogP contribution in [-0.4, -0.2) is 78.4 Å². The van der Waals surface area contributed by atoms with Gasteiger partial charge in [0.1, 0.15) is 6.61 Å². The van der Waals surface area contributed by atoms with E-state index in [9.17, 15) is 14.7 Å². The van der Waals surface area contributed by atoms with Gasteiger partial charge in [0.05, 0.1) is 35.9 Å². The lowest BCUT2D eigenvalue weighted by atomic mass is 9.75. The number of nitrogens with zero attached hydrogens (tertiary/aromatic N) is 1. The topological polar surface area (TPSA) is 107 Å². The fourth-order valence-electron chi connectivity index (χ4n) is 4.61. The van der Waals surface area contributed by atoms with Crippen LogP contribution in [0, 0.1) is 5.41 Å². The van der Waals surface area contributed by atoms with Crippen LogP contribution in [0.25, 0.3) is 0 Å². The number of ether oxygens (including phenoxy) is 2. The fraction of sp³-hybridized carbons (Fsp3) is 0.692. The first-order valence-corrected chi connectivity index (χ1v) is 12.7. The number of alkyl carbamates (subject to hydrolysis) is 1. The highest BCUT2D eigenvalue weighted by Gasteiger charge is 2.54. The van der Waals surface area contributed by atoms with Crippen LogP contribution in [0.1, 0.15) is 60.5 Å². The van der Waals surface area contributed by atoms with Gasteiger partial charge in [0.15, 0.2) is 0 Å². The number of aryl methyl sites for hydroxylation is 1. The van der Waals surface area contributed by atoms with Crippen molar-refractivity contribution in [3.63, 3.8) is 0 Å². The molecule has 3 rings (SSSR count). The molecule has 0 spiro atoms. The van der Waals surface area contributed by atoms with Crippen LogP contribution in [0.4, 0.5) is 9.59 Å². The quantitative estimate of drug-likeness (QED) is 0.538. The van der Waals surface area contributed by atoms with Gasteiger partial charge in [-0.3, -0.25) is 4.90 Å². The smallest absolute Gasteiger partial charge is 0.465 e. The summed E-state index contributed by atoms with van der Waals surface area (Å²) in [7, 11) is -0.651. The molecule has 1 aromatic carbocycles. The van der Waals surface area contributed by atoms with E-state index in [0.29, 0.717) is 19.4 Å². The average molecular weight is 504 g/mol. The van der Waals surface area contributed by atoms with Gasteiger partial charge < -0.3 is 29.2 Å². The molecule has 2 fully saturated rings. The summed E-state index contributed by atoms with van der Waals surface area (Å²) >= 11 is 0. The number of carbonyl (C=O) groups excluding carboxylic acids is 1. The third-order valence-electron chi connectivity index (χ3n) is 7.35. The highest BCUT2D eigenvalue weighted by Crippen LogP contribution is 2.38. The normalized spacial score (nSPS) is 24.3. The zero-order valence-electron chi connectivity index (χ0n) is 22.6. The van der Waals surface area contributed by atoms with Crippen LogP contribution in [-0.2, 0) is 25.2 Å². The van der Waals surface area contributed by atoms with Crippen molar-refractivity contribution in [2.45, 2.75) is 90.6 Å². The summed E-state index contributed by atoms with van der Waals surface area (Å²) in [6.07, 6.45) is -0.822. The van der Waals surface area contributed by atoms with Gasteiger partial charge in [0.25, 0.3) is 0 Å². The SMILES string of the molecule is CC(C)(C)C1OCCN(C(=O)O)[C@@H]1COC(=O)N[C@@H](CCc1ccccc1)B1OC(C)(C)C(C)(C)O1. The molecule has 9 nitrogen and oxygen atoms in total. The molecule has 10 heteroatoms. The van der Waals surface area contributed by atoms with Gasteiger partial charge >= 0.3 is 19.3 Å². The monoisotopic (exact) mass is 504 g/mol. The van der Waals surface area contributed by atoms with Gasteiger partial charge in [-0.05, 0) is 51.5 Å². The second-order valence-corrected chi connectivity index (χ2v) is 11.7. The summed E-state index contributed by atoms with van der Waals surface area (Å²) in [5.74, 6) is -0.463. The summed E-state index contributed by atoms with van der Waals surface area (Å²) < 4.78 is 23.9. The number of amides is 2. The van der Waals surface area contributed by atoms with Gasteiger partial charge in [-0.1, -0.05) is 51.1 Å². The van der Waals surface area contributed by atoms with Crippen molar-refractivity contribution in [3.05, 3.63) is 35.9 Å². The van der Waals surface area contributed by atoms with E-state index >= 15 is 0 Å². The van der Waals surface area contributed by atoms with Crippen molar-refractivity contribution in [3.8, 4) is 0 Å². The second-order valence-electron chi connectivity index (χ2n) is 11.7. The molecule has 0 bridgehead atoms. The predicted molar refractivity (Wildman–Crippen MR) is 137 cm³/mol. The maximum Gasteiger partial charge on any atom is 0.482 e. The molecule has 0 aromatic heterocycles. The number of morpholine rings is 1. The van der Waals surface area contributed by atoms with Gasteiger partial charge in [0, 0.05) is 6.54 Å². The minimum atomic E-state index is -1.06. The predicted octanol–water partition coefficient (Wildman–Crippen LogP) is 4.14. The van der Waals surface area contributed by atoms with Crippen molar-refractivity contribution in [1.29, 1.82) is 0 Å². The molecule has 2 saturated heterocycles. The molecule has 2 aliphatic heterocycles. The van der Waals surface area contributed by atoms with Crippen LogP contribution >= 0.6 is 0 Å². The molecule has 0 aliphatic carbocycles. The molecule has 0 saturated carbocycles. The third-order valence-corrected chi connectivity index (χ3v) is 7.35. The molecule has 36 heavy (non-hydrogen) atoms. The van der Waals surface area contributed by atoms with Crippen LogP contribution in [0.3, 0.4) is 0 Å². The molecule has 200 valence electrons. The molecule has 2 heterocycles. The summed E-state index contributed by atoms with van der Waals surface area (Å²) in [5, 5.41) is 12.6. The van der Waals surface area contributed by atoms with E-state index in [4.69, 9.17) is 18.8 Å². The highest BCUT2D eigenvalue weighted by atomic mass is 16.7. The number of carboxylic acid groups (broad SMARTS) is 1. The first-order valence-electron chi connectivity index (χ1n) is 12.7. The number of rotatable bonds is 7. The van der Waals surface area contributed by atoms with Gasteiger partial charge in [-0.25, -0.2) is 9.59 Å². The van der Waals surface area contributed by atoms with Crippen molar-refractivity contribution >= 4 is 19.3 Å². The molecule has 2 aliphatic rings. The minimum Gasteiger partial charge on any atom is -0.465 e. The fourth-order valence-corrected chi connectivity index (χ4v) is 4.61. The van der Waals surface area contributed by atoms with Gasteiger partial charge in [-0.15, -0.1) is 0 Å². The maximum absolute atomic E-state index is 13.0. The first kappa shape index (κ1) is 28.3. The Balaban J connectivity index is 1.70. The number of benzene rings is 1. The van der Waals surface area contributed by atoms with E-state index in [0.717, 1.165) is 5.56 Å². The van der Waals surface area contributed by atoms with Crippen molar-refractivity contribution in [1.82, 2.24) is 10.2 Å². The molecular weight excluding hydrogens is 463 g/mol. The summed E-state index contributed by atoms with van der Waals surface area (Å²) in [4.78, 5) is 26.1. The minimum absolute atomic E-state index is 0.116. The Morgan fingerprint density at radius 1 is 1.17 bits per heavy atom. The van der Waals surface area contributed by atoms with E-state index in [2.05, 4.69) is 5.32 Å². The van der Waals surface area contributed by atoms with Crippen LogP contribution < -0.4 is 5.32 Å². The Morgan fingerprint density at radius 2 is 1.78 bits per heavy atom. The number of nitrogens with one attached hydrogen (secondary N) is 1. The molecule has 3 atom stereocenters. The molecular formula is C26H41BN2O7. The Morgan fingerprint density at radius 3 is 2.33 bits per heavy atom. The Bertz CT molecular complexity index is 887. The second kappa shape index (κ2) is 11.0. The molecule has 2 amide bonds. The zero-order chi connectivity index (χ0) is 26.7. The summed E-state index contributed by atoms with van der Waals surface area (Å²) in [5.41, 5.74) is -0.288. The third kappa shape index (κ3) is 6.72. The Kier molecular flexibility index (Phi) is 8.63. The number of hydrogen-bond donors (Lipinski definition) is 2. The lowest BCUT2D eigenvalue weighted by molar-refractivity contribution is -0.119. The van der Waals surface area contributed by atoms with E-state index in [-0.39, 0.29) is 18.6 Å². The van der Waals surface area contributed by atoms with Crippen molar-refractivity contribution < 1.29 is 33.5 Å². The van der Waals surface area contributed by atoms with Crippen LogP contribution in [0.5, 0.6) is 0 Å². The van der Waals surface area contributed by atoms with Crippen LogP contribution in [0.15, 0.2) is 30.3 Å². The molecule has 1 unspecified atom stereocenters. The molecule has 0 radical (unpaired) electrons. The van der Waals surface area contributed by atoms with E-state index in [1.165, 1.54) is 4.90 Å². The Labute approximate surface area is 214 Å². The lowest BCUT2D eigenvalue weighted by Crippen LogP contribution is -2.59. The number of hydrogen-bond acceptors (Lipinski definition) is 6. The first-order chi connectivity index (χ1) is 16.7. The maximum atomic E-state index is 13.0. The largest absolute Gasteiger partial charge is 0.482 e. The van der Waals surface area contributed by atoms with Crippen LogP contribution in [0.2, 0.25) is 0 Å². The zero-order valence-corrected chi connectivity index (χ0v) is 22.6. The number of carbonyl (C=O) groups is 2. The highest BCUT2D eigenvalue weighted by molar-refractivity contribution is 6.48. The summed E-state index contributed by atoms with van der Waals surface area (Å²) in [6.45, 7) is 14.2. The van der Waals surface area contributed by atoms with Crippen molar-refractivity contribution in [2.75, 3.05) is 19.8 Å². The lowest BCUT2D eigenvalue weighted by Gasteiger charge is -2.44. The standard InChI is InChI=1S/C26H41BN2O7/c1-24(2,3)21-19(29(23(31)32)15-16-33-21)17-34-22(30)28-20(14-13-18-11-9-8-10-12-18)27-35-25(4,5)26(6,7)36-27/h8-12,19-21H,13-17H2,1-7H3,(H,28,30)(H,31,32)/t19-,20+,21?/m1/s1. The van der Waals surface area contributed by atoms with E-state index in [1.807, 2.05) is 78.8 Å². The molecule has 1 aromatic rings. The van der Waals surface area contributed by atoms with Crippen molar-refractivity contribution in [2.24, 2.45) is 5.41 Å². The van der Waals surface area contributed by atoms with Gasteiger partial charge in [-0.2, -0.15) is 0 Å². The molecule has 2 N–H and O–H groups in total. The van der Waals surface area contributed by atoms with E-state index in [1.54, 1.807) is 0 Å². The Hall–Kier alpha value is -2.30.